The monoisotopic (exact) mass is 367 g/mol. The summed E-state index contributed by atoms with van der Waals surface area (Å²) in [6.07, 6.45) is 0. The van der Waals surface area contributed by atoms with Gasteiger partial charge in [0.25, 0.3) is 0 Å². The zero-order valence-corrected chi connectivity index (χ0v) is 15.9. The van der Waals surface area contributed by atoms with Crippen molar-refractivity contribution in [2.24, 2.45) is 0 Å². The molecule has 1 heterocycles. The molecule has 2 aromatic carbocycles. The number of benzene rings is 2. The summed E-state index contributed by atoms with van der Waals surface area (Å²) in [5, 5.41) is 2.93. The Kier molecular flexibility index (Phi) is 6.08. The Morgan fingerprint density at radius 2 is 1.93 bits per heavy atom. The molecule has 0 aliphatic carbocycles. The van der Waals surface area contributed by atoms with Crippen LogP contribution in [0, 0.1) is 6.92 Å². The number of hydrogen-bond donors (Lipinski definition) is 1. The van der Waals surface area contributed by atoms with Gasteiger partial charge in [0.1, 0.15) is 24.8 Å². The minimum absolute atomic E-state index is 0.0287. The minimum atomic E-state index is -0.237. The predicted octanol–water partition coefficient (Wildman–Crippen LogP) is 3.25. The summed E-state index contributed by atoms with van der Waals surface area (Å²) >= 11 is 0. The van der Waals surface area contributed by atoms with Gasteiger partial charge in [0, 0.05) is 7.11 Å². The molecule has 1 unspecified atom stereocenters. The fourth-order valence-corrected chi connectivity index (χ4v) is 3.10. The number of nitrogens with zero attached hydrogens (tertiary/aromatic N) is 2. The maximum absolute atomic E-state index is 11.9. The first-order valence-electron chi connectivity index (χ1n) is 9.02. The third kappa shape index (κ3) is 4.46. The van der Waals surface area contributed by atoms with Gasteiger partial charge in [-0.1, -0.05) is 30.3 Å². The van der Waals surface area contributed by atoms with Crippen molar-refractivity contribution in [1.82, 2.24) is 14.9 Å². The van der Waals surface area contributed by atoms with Crippen LogP contribution in [-0.4, -0.2) is 35.8 Å². The molecule has 0 bridgehead atoms. The van der Waals surface area contributed by atoms with Crippen LogP contribution < -0.4 is 10.1 Å². The number of aryl methyl sites for hydroxylation is 1. The number of carbonyl (C=O) groups is 1. The van der Waals surface area contributed by atoms with E-state index in [-0.39, 0.29) is 18.6 Å². The predicted molar refractivity (Wildman–Crippen MR) is 105 cm³/mol. The molecule has 0 fully saturated rings. The summed E-state index contributed by atoms with van der Waals surface area (Å²) in [4.78, 5) is 16.6. The number of fused-ring (bicyclic) bond motifs is 1. The molecular weight excluding hydrogens is 342 g/mol. The van der Waals surface area contributed by atoms with Gasteiger partial charge in [0.05, 0.1) is 23.6 Å². The summed E-state index contributed by atoms with van der Waals surface area (Å²) < 4.78 is 13.0. The Morgan fingerprint density at radius 1 is 1.19 bits per heavy atom. The van der Waals surface area contributed by atoms with Crippen molar-refractivity contribution < 1.29 is 14.3 Å². The molecule has 0 spiro atoms. The second kappa shape index (κ2) is 8.68. The van der Waals surface area contributed by atoms with Crippen molar-refractivity contribution in [2.45, 2.75) is 26.4 Å². The number of carbonyl (C=O) groups excluding carboxylic acids is 1. The molecule has 0 saturated heterocycles. The molecule has 27 heavy (non-hydrogen) atoms. The summed E-state index contributed by atoms with van der Waals surface area (Å²) in [6, 6.07) is 15.7. The van der Waals surface area contributed by atoms with Crippen molar-refractivity contribution in [3.63, 3.8) is 0 Å². The van der Waals surface area contributed by atoms with E-state index in [0.717, 1.165) is 28.2 Å². The van der Waals surface area contributed by atoms with Crippen molar-refractivity contribution in [2.75, 3.05) is 20.3 Å². The molecule has 1 atom stereocenters. The molecule has 3 rings (SSSR count). The molecule has 1 N–H and O–H groups in total. The zero-order chi connectivity index (χ0) is 19.2. The van der Waals surface area contributed by atoms with Gasteiger partial charge in [0.15, 0.2) is 0 Å². The van der Waals surface area contributed by atoms with E-state index in [1.54, 1.807) is 0 Å². The Morgan fingerprint density at radius 3 is 2.70 bits per heavy atom. The van der Waals surface area contributed by atoms with Crippen molar-refractivity contribution >= 4 is 16.9 Å². The van der Waals surface area contributed by atoms with Gasteiger partial charge >= 0.3 is 0 Å². The molecule has 0 radical (unpaired) electrons. The molecule has 0 aliphatic rings. The molecule has 1 amide bonds. The minimum Gasteiger partial charge on any atom is -0.491 e. The van der Waals surface area contributed by atoms with Gasteiger partial charge in [-0.05, 0) is 37.6 Å². The second-order valence-corrected chi connectivity index (χ2v) is 6.45. The van der Waals surface area contributed by atoms with E-state index >= 15 is 0 Å². The van der Waals surface area contributed by atoms with Crippen LogP contribution in [-0.2, 0) is 16.1 Å². The van der Waals surface area contributed by atoms with E-state index in [0.29, 0.717) is 13.2 Å². The van der Waals surface area contributed by atoms with E-state index in [1.807, 2.05) is 62.4 Å². The quantitative estimate of drug-likeness (QED) is 0.664. The van der Waals surface area contributed by atoms with Gasteiger partial charge in [0.2, 0.25) is 5.91 Å². The van der Waals surface area contributed by atoms with Gasteiger partial charge in [-0.25, -0.2) is 4.98 Å². The average molecular weight is 367 g/mol. The first kappa shape index (κ1) is 18.9. The maximum atomic E-state index is 11.9. The SMILES string of the molecule is COCC(=O)NC(C)c1nc2ccccc2n1CCOc1ccccc1C. The van der Waals surface area contributed by atoms with Crippen LogP contribution in [0.25, 0.3) is 11.0 Å². The molecule has 1 aromatic heterocycles. The molecule has 3 aromatic rings. The standard InChI is InChI=1S/C21H25N3O3/c1-15-8-4-7-11-19(15)27-13-12-24-18-10-6-5-9-17(18)23-21(24)16(2)22-20(25)14-26-3/h4-11,16H,12-14H2,1-3H3,(H,22,25). The van der Waals surface area contributed by atoms with Crippen LogP contribution in [0.15, 0.2) is 48.5 Å². The van der Waals surface area contributed by atoms with E-state index in [9.17, 15) is 4.79 Å². The molecule has 142 valence electrons. The number of ether oxygens (including phenoxy) is 2. The van der Waals surface area contributed by atoms with Crippen molar-refractivity contribution in [1.29, 1.82) is 0 Å². The maximum Gasteiger partial charge on any atom is 0.246 e. The first-order chi connectivity index (χ1) is 13.1. The lowest BCUT2D eigenvalue weighted by Gasteiger charge is -2.17. The Labute approximate surface area is 159 Å². The number of nitrogens with one attached hydrogen (secondary N) is 1. The van der Waals surface area contributed by atoms with Crippen LogP contribution in [0.2, 0.25) is 0 Å². The highest BCUT2D eigenvalue weighted by atomic mass is 16.5. The van der Waals surface area contributed by atoms with Crippen LogP contribution in [0.5, 0.6) is 5.75 Å². The lowest BCUT2D eigenvalue weighted by molar-refractivity contribution is -0.125. The average Bonchev–Trinajstić information content (AvgIpc) is 3.02. The molecule has 6 nitrogen and oxygen atoms in total. The molecule has 6 heteroatoms. The van der Waals surface area contributed by atoms with Gasteiger partial charge in [-0.15, -0.1) is 0 Å². The van der Waals surface area contributed by atoms with E-state index < -0.39 is 0 Å². The summed E-state index contributed by atoms with van der Waals surface area (Å²) in [5.41, 5.74) is 3.03. The highest BCUT2D eigenvalue weighted by Crippen LogP contribution is 2.22. The number of amides is 1. The van der Waals surface area contributed by atoms with E-state index in [2.05, 4.69) is 9.88 Å². The summed E-state index contributed by atoms with van der Waals surface area (Å²) in [7, 11) is 1.50. The largest absolute Gasteiger partial charge is 0.491 e. The third-order valence-electron chi connectivity index (χ3n) is 4.39. The van der Waals surface area contributed by atoms with Crippen LogP contribution in [0.4, 0.5) is 0 Å². The van der Waals surface area contributed by atoms with Gasteiger partial charge in [-0.2, -0.15) is 0 Å². The van der Waals surface area contributed by atoms with Crippen molar-refractivity contribution in [3.8, 4) is 5.75 Å². The van der Waals surface area contributed by atoms with Gasteiger partial charge < -0.3 is 19.4 Å². The van der Waals surface area contributed by atoms with Crippen LogP contribution in [0.3, 0.4) is 0 Å². The van der Waals surface area contributed by atoms with Crippen LogP contribution >= 0.6 is 0 Å². The second-order valence-electron chi connectivity index (χ2n) is 6.45. The first-order valence-corrected chi connectivity index (χ1v) is 9.02. The zero-order valence-electron chi connectivity index (χ0n) is 15.9. The van der Waals surface area contributed by atoms with Crippen molar-refractivity contribution in [3.05, 3.63) is 59.9 Å². The molecule has 0 saturated carbocycles. The summed E-state index contributed by atoms with van der Waals surface area (Å²) in [6.45, 7) is 5.13. The number of imidazole rings is 1. The topological polar surface area (TPSA) is 65.4 Å². The fraction of sp³-hybridized carbons (Fsp3) is 0.333. The third-order valence-corrected chi connectivity index (χ3v) is 4.39. The summed E-state index contributed by atoms with van der Waals surface area (Å²) in [5.74, 6) is 1.51. The number of methoxy groups -OCH3 is 1. The number of rotatable bonds is 8. The number of hydrogen-bond acceptors (Lipinski definition) is 4. The Balaban J connectivity index is 1.80. The van der Waals surface area contributed by atoms with E-state index in [4.69, 9.17) is 14.5 Å². The smallest absolute Gasteiger partial charge is 0.246 e. The Hall–Kier alpha value is -2.86. The fourth-order valence-electron chi connectivity index (χ4n) is 3.10. The lowest BCUT2D eigenvalue weighted by Crippen LogP contribution is -2.31. The van der Waals surface area contributed by atoms with Gasteiger partial charge in [-0.3, -0.25) is 4.79 Å². The molecular formula is C21H25N3O3. The lowest BCUT2D eigenvalue weighted by atomic mass is 10.2. The molecule has 0 aliphatic heterocycles. The highest BCUT2D eigenvalue weighted by molar-refractivity contribution is 5.78. The number of para-hydroxylation sites is 3. The number of aromatic nitrogens is 2. The van der Waals surface area contributed by atoms with Crippen LogP contribution in [0.1, 0.15) is 24.4 Å². The Bertz CT molecular complexity index is 920. The highest BCUT2D eigenvalue weighted by Gasteiger charge is 2.18. The normalized spacial score (nSPS) is 12.1. The van der Waals surface area contributed by atoms with E-state index in [1.165, 1.54) is 7.11 Å².